The van der Waals surface area contributed by atoms with Crippen molar-refractivity contribution >= 4 is 17.4 Å². The summed E-state index contributed by atoms with van der Waals surface area (Å²) in [7, 11) is 3.40. The first-order chi connectivity index (χ1) is 11.7. The first kappa shape index (κ1) is 18.9. The standard InChI is InChI=1S/C18H15ClF3NO2/c1-23(2)11-16(25-15-9-7-14(19)8-10-15)17(24)12-3-5-13(6-4-12)18(20,21)22/h3-11H,1-2H3/b16-11-. The highest BCUT2D eigenvalue weighted by atomic mass is 35.5. The van der Waals surface area contributed by atoms with Gasteiger partial charge in [-0.3, -0.25) is 4.79 Å². The van der Waals surface area contributed by atoms with Gasteiger partial charge in [0, 0.05) is 30.9 Å². The van der Waals surface area contributed by atoms with E-state index < -0.39 is 17.5 Å². The fraction of sp³-hybridized carbons (Fsp3) is 0.167. The van der Waals surface area contributed by atoms with Crippen LogP contribution in [0.3, 0.4) is 0 Å². The van der Waals surface area contributed by atoms with E-state index in [1.807, 2.05) is 0 Å². The van der Waals surface area contributed by atoms with Crippen LogP contribution in [0.4, 0.5) is 13.2 Å². The van der Waals surface area contributed by atoms with Crippen LogP contribution < -0.4 is 4.74 Å². The molecular formula is C18H15ClF3NO2. The lowest BCUT2D eigenvalue weighted by molar-refractivity contribution is -0.137. The molecule has 0 saturated heterocycles. The van der Waals surface area contributed by atoms with Crippen LogP contribution >= 0.6 is 11.6 Å². The van der Waals surface area contributed by atoms with Crippen LogP contribution in [0.25, 0.3) is 0 Å². The quantitative estimate of drug-likeness (QED) is 0.421. The molecule has 0 N–H and O–H groups in total. The molecule has 2 aromatic rings. The van der Waals surface area contributed by atoms with Crippen molar-refractivity contribution in [1.82, 2.24) is 4.90 Å². The largest absolute Gasteiger partial charge is 0.452 e. The molecule has 0 aromatic heterocycles. The summed E-state index contributed by atoms with van der Waals surface area (Å²) in [6.07, 6.45) is -3.00. The maximum Gasteiger partial charge on any atom is 0.416 e. The molecule has 2 rings (SSSR count). The number of alkyl halides is 3. The van der Waals surface area contributed by atoms with Gasteiger partial charge in [0.25, 0.3) is 0 Å². The van der Waals surface area contributed by atoms with Crippen LogP contribution in [0.1, 0.15) is 15.9 Å². The molecule has 0 aliphatic carbocycles. The monoisotopic (exact) mass is 369 g/mol. The zero-order chi connectivity index (χ0) is 18.6. The number of nitrogens with zero attached hydrogens (tertiary/aromatic N) is 1. The highest BCUT2D eigenvalue weighted by Gasteiger charge is 2.30. The Balaban J connectivity index is 2.28. The second-order valence-electron chi connectivity index (χ2n) is 5.42. The van der Waals surface area contributed by atoms with Crippen molar-refractivity contribution < 1.29 is 22.7 Å². The van der Waals surface area contributed by atoms with Crippen LogP contribution in [0.2, 0.25) is 5.02 Å². The van der Waals surface area contributed by atoms with E-state index in [-0.39, 0.29) is 11.3 Å². The molecule has 0 atom stereocenters. The summed E-state index contributed by atoms with van der Waals surface area (Å²) >= 11 is 5.81. The molecule has 3 nitrogen and oxygen atoms in total. The molecule has 2 aromatic carbocycles. The molecule has 0 amide bonds. The smallest absolute Gasteiger partial charge is 0.416 e. The Bertz CT molecular complexity index is 766. The third kappa shape index (κ3) is 5.26. The lowest BCUT2D eigenvalue weighted by atomic mass is 10.1. The first-order valence-electron chi connectivity index (χ1n) is 7.20. The lowest BCUT2D eigenvalue weighted by Crippen LogP contribution is -2.15. The molecule has 132 valence electrons. The number of hydrogen-bond acceptors (Lipinski definition) is 3. The molecule has 0 spiro atoms. The Labute approximate surface area is 148 Å². The van der Waals surface area contributed by atoms with E-state index >= 15 is 0 Å². The predicted octanol–water partition coefficient (Wildman–Crippen LogP) is 5.02. The summed E-state index contributed by atoms with van der Waals surface area (Å²) in [5, 5.41) is 0.513. The molecule has 25 heavy (non-hydrogen) atoms. The van der Waals surface area contributed by atoms with E-state index in [4.69, 9.17) is 16.3 Å². The number of hydrogen-bond donors (Lipinski definition) is 0. The van der Waals surface area contributed by atoms with Crippen LogP contribution in [-0.4, -0.2) is 24.8 Å². The van der Waals surface area contributed by atoms with Crippen molar-refractivity contribution in [2.45, 2.75) is 6.18 Å². The topological polar surface area (TPSA) is 29.5 Å². The van der Waals surface area contributed by atoms with Gasteiger partial charge in [0.2, 0.25) is 5.78 Å². The number of ketones is 1. The average Bonchev–Trinajstić information content (AvgIpc) is 2.54. The second kappa shape index (κ2) is 7.61. The molecule has 0 aliphatic heterocycles. The van der Waals surface area contributed by atoms with E-state index in [1.54, 1.807) is 43.3 Å². The zero-order valence-electron chi connectivity index (χ0n) is 13.5. The van der Waals surface area contributed by atoms with Gasteiger partial charge < -0.3 is 9.64 Å². The maximum atomic E-state index is 12.6. The van der Waals surface area contributed by atoms with Gasteiger partial charge in [-0.25, -0.2) is 0 Å². The van der Waals surface area contributed by atoms with Crippen molar-refractivity contribution in [3.63, 3.8) is 0 Å². The van der Waals surface area contributed by atoms with E-state index in [9.17, 15) is 18.0 Å². The van der Waals surface area contributed by atoms with Crippen molar-refractivity contribution in [3.05, 3.63) is 76.6 Å². The van der Waals surface area contributed by atoms with E-state index in [0.717, 1.165) is 24.3 Å². The SMILES string of the molecule is CN(C)/C=C(\Oc1ccc(Cl)cc1)C(=O)c1ccc(C(F)(F)F)cc1. The van der Waals surface area contributed by atoms with Gasteiger partial charge in [-0.05, 0) is 36.4 Å². The van der Waals surface area contributed by atoms with Crippen LogP contribution in [-0.2, 0) is 6.18 Å². The second-order valence-corrected chi connectivity index (χ2v) is 5.85. The summed E-state index contributed by atoms with van der Waals surface area (Å²) in [6, 6.07) is 10.4. The Kier molecular flexibility index (Phi) is 5.74. The third-order valence-electron chi connectivity index (χ3n) is 3.12. The molecular weight excluding hydrogens is 355 g/mol. The molecule has 0 aliphatic rings. The maximum absolute atomic E-state index is 12.6. The number of carbonyl (C=O) groups excluding carboxylic acids is 1. The average molecular weight is 370 g/mol. The molecule has 0 unspecified atom stereocenters. The number of allylic oxidation sites excluding steroid dienone is 1. The molecule has 0 heterocycles. The van der Waals surface area contributed by atoms with Gasteiger partial charge in [-0.1, -0.05) is 23.7 Å². The zero-order valence-corrected chi connectivity index (χ0v) is 14.2. The lowest BCUT2D eigenvalue weighted by Gasteiger charge is -2.13. The van der Waals surface area contributed by atoms with Crippen molar-refractivity contribution in [2.24, 2.45) is 0 Å². The number of rotatable bonds is 5. The van der Waals surface area contributed by atoms with Gasteiger partial charge in [0.15, 0.2) is 5.76 Å². The van der Waals surface area contributed by atoms with Gasteiger partial charge in [0.1, 0.15) is 5.75 Å². The summed E-state index contributed by atoms with van der Waals surface area (Å²) < 4.78 is 43.5. The molecule has 0 saturated carbocycles. The van der Waals surface area contributed by atoms with E-state index in [1.165, 1.54) is 6.20 Å². The summed E-state index contributed by atoms with van der Waals surface area (Å²) in [5.74, 6) is -0.165. The first-order valence-corrected chi connectivity index (χ1v) is 7.58. The van der Waals surface area contributed by atoms with E-state index in [2.05, 4.69) is 0 Å². The fourth-order valence-corrected chi connectivity index (χ4v) is 2.07. The number of benzene rings is 2. The number of carbonyl (C=O) groups is 1. The van der Waals surface area contributed by atoms with E-state index in [0.29, 0.717) is 10.8 Å². The minimum absolute atomic E-state index is 0.0212. The Hall–Kier alpha value is -2.47. The molecule has 7 heteroatoms. The number of ether oxygens (including phenoxy) is 1. The number of halogens is 4. The highest BCUT2D eigenvalue weighted by molar-refractivity contribution is 6.30. The van der Waals surface area contributed by atoms with Gasteiger partial charge in [-0.15, -0.1) is 0 Å². The third-order valence-corrected chi connectivity index (χ3v) is 3.37. The Morgan fingerprint density at radius 1 is 1.04 bits per heavy atom. The van der Waals surface area contributed by atoms with Gasteiger partial charge in [0.05, 0.1) is 5.56 Å². The number of Topliss-reactive ketones (excluding diaryl/α,β-unsaturated/α-hetero) is 1. The molecule has 0 radical (unpaired) electrons. The molecule has 0 fully saturated rings. The minimum atomic E-state index is -4.45. The minimum Gasteiger partial charge on any atom is -0.452 e. The Morgan fingerprint density at radius 2 is 1.60 bits per heavy atom. The van der Waals surface area contributed by atoms with Crippen molar-refractivity contribution in [2.75, 3.05) is 14.1 Å². The van der Waals surface area contributed by atoms with Crippen molar-refractivity contribution in [3.8, 4) is 5.75 Å². The van der Waals surface area contributed by atoms with Crippen molar-refractivity contribution in [1.29, 1.82) is 0 Å². The summed E-state index contributed by atoms with van der Waals surface area (Å²) in [4.78, 5) is 14.2. The molecule has 0 bridgehead atoms. The summed E-state index contributed by atoms with van der Waals surface area (Å²) in [6.45, 7) is 0. The van der Waals surface area contributed by atoms with Crippen LogP contribution in [0.5, 0.6) is 5.75 Å². The normalized spacial score (nSPS) is 12.0. The Morgan fingerprint density at radius 3 is 2.08 bits per heavy atom. The fourth-order valence-electron chi connectivity index (χ4n) is 1.95. The van der Waals surface area contributed by atoms with Gasteiger partial charge >= 0.3 is 6.18 Å². The van der Waals surface area contributed by atoms with Gasteiger partial charge in [-0.2, -0.15) is 13.2 Å². The predicted molar refractivity (Wildman–Crippen MR) is 89.6 cm³/mol. The van der Waals surface area contributed by atoms with Crippen LogP contribution in [0.15, 0.2) is 60.5 Å². The summed E-state index contributed by atoms with van der Waals surface area (Å²) in [5.41, 5.74) is -0.726. The van der Waals surface area contributed by atoms with Crippen LogP contribution in [0, 0.1) is 0 Å². The highest BCUT2D eigenvalue weighted by Crippen LogP contribution is 2.29.